The lowest BCUT2D eigenvalue weighted by molar-refractivity contribution is -0.122. The van der Waals surface area contributed by atoms with Gasteiger partial charge in [0.25, 0.3) is 0 Å². The zero-order valence-corrected chi connectivity index (χ0v) is 6.68. The van der Waals surface area contributed by atoms with Gasteiger partial charge < -0.3 is 5.32 Å². The Hall–Kier alpha value is -0.530. The van der Waals surface area contributed by atoms with Crippen LogP contribution in [-0.2, 0) is 4.79 Å². The molecular weight excluding hydrogens is 126 g/mol. The normalized spacial score (nSPS) is 31.0. The van der Waals surface area contributed by atoms with Crippen LogP contribution in [0.1, 0.15) is 33.1 Å². The average Bonchev–Trinajstić information content (AvgIpc) is 1.84. The number of hydrogen-bond donors (Lipinski definition) is 1. The summed E-state index contributed by atoms with van der Waals surface area (Å²) in [6, 6.07) is 0.488. The van der Waals surface area contributed by atoms with Crippen LogP contribution in [0.25, 0.3) is 0 Å². The van der Waals surface area contributed by atoms with Crippen LogP contribution in [0.4, 0.5) is 0 Å². The third-order valence-corrected chi connectivity index (χ3v) is 2.06. The minimum absolute atomic E-state index is 0.192. The van der Waals surface area contributed by atoms with Gasteiger partial charge in [0, 0.05) is 12.5 Å². The second-order valence-corrected chi connectivity index (χ2v) is 3.19. The van der Waals surface area contributed by atoms with E-state index in [1.54, 1.807) is 0 Å². The largest absolute Gasteiger partial charge is 0.353 e. The lowest BCUT2D eigenvalue weighted by Gasteiger charge is -2.33. The standard InChI is InChI=1S/C8H15NO/c1-3-8(10)9-7-4-6(2)5-7/h6-7H,3-5H2,1-2H3,(H,9,10). The Morgan fingerprint density at radius 2 is 2.20 bits per heavy atom. The quantitative estimate of drug-likeness (QED) is 0.617. The van der Waals surface area contributed by atoms with Crippen LogP contribution < -0.4 is 5.32 Å². The molecule has 0 unspecified atom stereocenters. The average molecular weight is 141 g/mol. The summed E-state index contributed by atoms with van der Waals surface area (Å²) in [5.41, 5.74) is 0. The predicted molar refractivity (Wildman–Crippen MR) is 40.6 cm³/mol. The molecule has 0 radical (unpaired) electrons. The predicted octanol–water partition coefficient (Wildman–Crippen LogP) is 1.31. The molecule has 2 heteroatoms. The molecule has 0 aliphatic heterocycles. The van der Waals surface area contributed by atoms with Crippen molar-refractivity contribution in [2.75, 3.05) is 0 Å². The van der Waals surface area contributed by atoms with E-state index in [-0.39, 0.29) is 5.91 Å². The third kappa shape index (κ3) is 1.72. The monoisotopic (exact) mass is 141 g/mol. The van der Waals surface area contributed by atoms with E-state index in [2.05, 4.69) is 12.2 Å². The van der Waals surface area contributed by atoms with Gasteiger partial charge in [-0.05, 0) is 18.8 Å². The van der Waals surface area contributed by atoms with Crippen molar-refractivity contribution >= 4 is 5.91 Å². The van der Waals surface area contributed by atoms with E-state index < -0.39 is 0 Å². The van der Waals surface area contributed by atoms with Gasteiger partial charge in [0.1, 0.15) is 0 Å². The maximum atomic E-state index is 10.8. The Morgan fingerprint density at radius 1 is 1.60 bits per heavy atom. The van der Waals surface area contributed by atoms with Crippen LogP contribution in [0.15, 0.2) is 0 Å². The molecule has 10 heavy (non-hydrogen) atoms. The molecule has 0 aromatic heterocycles. The van der Waals surface area contributed by atoms with Crippen molar-refractivity contribution in [2.45, 2.75) is 39.2 Å². The molecule has 0 aromatic carbocycles. The first-order valence-corrected chi connectivity index (χ1v) is 4.01. The van der Waals surface area contributed by atoms with Crippen LogP contribution in [0.5, 0.6) is 0 Å². The first-order chi connectivity index (χ1) is 4.72. The summed E-state index contributed by atoms with van der Waals surface area (Å²) in [7, 11) is 0. The van der Waals surface area contributed by atoms with E-state index in [4.69, 9.17) is 0 Å². The van der Waals surface area contributed by atoms with E-state index in [9.17, 15) is 4.79 Å². The second kappa shape index (κ2) is 3.04. The Morgan fingerprint density at radius 3 is 2.60 bits per heavy atom. The minimum atomic E-state index is 0.192. The smallest absolute Gasteiger partial charge is 0.219 e. The first-order valence-electron chi connectivity index (χ1n) is 4.01. The van der Waals surface area contributed by atoms with Gasteiger partial charge in [-0.15, -0.1) is 0 Å². The minimum Gasteiger partial charge on any atom is -0.353 e. The van der Waals surface area contributed by atoms with Crippen molar-refractivity contribution in [1.82, 2.24) is 5.32 Å². The van der Waals surface area contributed by atoms with E-state index in [1.807, 2.05) is 6.92 Å². The fourth-order valence-electron chi connectivity index (χ4n) is 1.35. The van der Waals surface area contributed by atoms with Gasteiger partial charge in [-0.25, -0.2) is 0 Å². The highest BCUT2D eigenvalue weighted by Gasteiger charge is 2.25. The fourth-order valence-corrected chi connectivity index (χ4v) is 1.35. The summed E-state index contributed by atoms with van der Waals surface area (Å²) >= 11 is 0. The number of carbonyl (C=O) groups excluding carboxylic acids is 1. The molecule has 0 aromatic rings. The summed E-state index contributed by atoms with van der Waals surface area (Å²) < 4.78 is 0. The number of rotatable bonds is 2. The van der Waals surface area contributed by atoms with Crippen LogP contribution in [-0.4, -0.2) is 11.9 Å². The zero-order valence-electron chi connectivity index (χ0n) is 6.68. The molecule has 1 aliphatic rings. The number of carbonyl (C=O) groups is 1. The Labute approximate surface area is 62.0 Å². The van der Waals surface area contributed by atoms with Gasteiger partial charge in [0.15, 0.2) is 0 Å². The van der Waals surface area contributed by atoms with Gasteiger partial charge in [-0.2, -0.15) is 0 Å². The molecule has 58 valence electrons. The molecule has 0 bridgehead atoms. The van der Waals surface area contributed by atoms with Crippen LogP contribution in [0, 0.1) is 5.92 Å². The van der Waals surface area contributed by atoms with Gasteiger partial charge in [0.2, 0.25) is 5.91 Å². The molecule has 1 rings (SSSR count). The van der Waals surface area contributed by atoms with E-state index in [0.717, 1.165) is 5.92 Å². The van der Waals surface area contributed by atoms with Crippen molar-refractivity contribution in [3.8, 4) is 0 Å². The van der Waals surface area contributed by atoms with Crippen molar-refractivity contribution in [3.05, 3.63) is 0 Å². The summed E-state index contributed by atoms with van der Waals surface area (Å²) in [6.07, 6.45) is 2.96. The summed E-state index contributed by atoms with van der Waals surface area (Å²) in [6.45, 7) is 4.10. The zero-order chi connectivity index (χ0) is 7.56. The molecule has 0 atom stereocenters. The summed E-state index contributed by atoms with van der Waals surface area (Å²) in [4.78, 5) is 10.8. The molecule has 1 fully saturated rings. The number of hydrogen-bond acceptors (Lipinski definition) is 1. The first kappa shape index (κ1) is 7.58. The maximum absolute atomic E-state index is 10.8. The summed E-state index contributed by atoms with van der Waals surface area (Å²) in [5.74, 6) is 1.01. The topological polar surface area (TPSA) is 29.1 Å². The fraction of sp³-hybridized carbons (Fsp3) is 0.875. The molecule has 0 saturated heterocycles. The molecule has 0 spiro atoms. The molecule has 1 N–H and O–H groups in total. The third-order valence-electron chi connectivity index (χ3n) is 2.06. The Kier molecular flexibility index (Phi) is 2.30. The van der Waals surface area contributed by atoms with Gasteiger partial charge in [0.05, 0.1) is 0 Å². The lowest BCUT2D eigenvalue weighted by atomic mass is 9.82. The highest BCUT2D eigenvalue weighted by molar-refractivity contribution is 5.75. The molecule has 1 saturated carbocycles. The van der Waals surface area contributed by atoms with Crippen LogP contribution in [0.3, 0.4) is 0 Å². The van der Waals surface area contributed by atoms with Gasteiger partial charge in [-0.1, -0.05) is 13.8 Å². The number of nitrogens with one attached hydrogen (secondary N) is 1. The second-order valence-electron chi connectivity index (χ2n) is 3.19. The van der Waals surface area contributed by atoms with E-state index in [1.165, 1.54) is 12.8 Å². The van der Waals surface area contributed by atoms with Gasteiger partial charge >= 0.3 is 0 Å². The van der Waals surface area contributed by atoms with E-state index in [0.29, 0.717) is 12.5 Å². The molecule has 1 amide bonds. The molecule has 1 aliphatic carbocycles. The van der Waals surface area contributed by atoms with Crippen LogP contribution in [0.2, 0.25) is 0 Å². The Balaban J connectivity index is 2.10. The SMILES string of the molecule is CCC(=O)NC1CC(C)C1. The molecule has 2 nitrogen and oxygen atoms in total. The van der Waals surface area contributed by atoms with Crippen molar-refractivity contribution in [2.24, 2.45) is 5.92 Å². The van der Waals surface area contributed by atoms with Crippen molar-refractivity contribution in [1.29, 1.82) is 0 Å². The maximum Gasteiger partial charge on any atom is 0.219 e. The van der Waals surface area contributed by atoms with Crippen molar-refractivity contribution < 1.29 is 4.79 Å². The van der Waals surface area contributed by atoms with Crippen LogP contribution >= 0.6 is 0 Å². The highest BCUT2D eigenvalue weighted by atomic mass is 16.1. The summed E-state index contributed by atoms with van der Waals surface area (Å²) in [5, 5.41) is 2.96. The molecule has 0 heterocycles. The van der Waals surface area contributed by atoms with Crippen molar-refractivity contribution in [3.63, 3.8) is 0 Å². The van der Waals surface area contributed by atoms with E-state index >= 15 is 0 Å². The number of amides is 1. The highest BCUT2D eigenvalue weighted by Crippen LogP contribution is 2.26. The molecular formula is C8H15NO. The lowest BCUT2D eigenvalue weighted by Crippen LogP contribution is -2.43. The Bertz CT molecular complexity index is 127. The van der Waals surface area contributed by atoms with Gasteiger partial charge in [-0.3, -0.25) is 4.79 Å².